The van der Waals surface area contributed by atoms with Crippen LogP contribution in [0.15, 0.2) is 40.5 Å². The molecular formula is C22H25N3O4. The Morgan fingerprint density at radius 1 is 1.17 bits per heavy atom. The van der Waals surface area contributed by atoms with E-state index in [1.54, 1.807) is 12.1 Å². The molecule has 29 heavy (non-hydrogen) atoms. The van der Waals surface area contributed by atoms with E-state index in [0.717, 1.165) is 31.4 Å². The first-order valence-electron chi connectivity index (χ1n) is 10.3. The number of Topliss-reactive ketones (excluding diaryl/α,β-unsaturated/α-hetero) is 1. The molecule has 152 valence electrons. The molecule has 2 atom stereocenters. The van der Waals surface area contributed by atoms with E-state index in [2.05, 4.69) is 4.99 Å². The fourth-order valence-electron chi connectivity index (χ4n) is 4.83. The lowest BCUT2D eigenvalue weighted by atomic mass is 9.71. The monoisotopic (exact) mass is 395 g/mol. The SMILES string of the molecule is CC1=NC2=C(C(=O)CCC2)[C@H](c2cccc([N+](=O)[O-])c2)C1C(=O)N1CCCCC1. The van der Waals surface area contributed by atoms with Crippen molar-refractivity contribution in [2.24, 2.45) is 10.9 Å². The Labute approximate surface area is 169 Å². The molecule has 0 aromatic heterocycles. The molecule has 1 amide bonds. The largest absolute Gasteiger partial charge is 0.342 e. The van der Waals surface area contributed by atoms with Crippen molar-refractivity contribution in [1.82, 2.24) is 4.90 Å². The lowest BCUT2D eigenvalue weighted by molar-refractivity contribution is -0.384. The molecule has 0 bridgehead atoms. The third-order valence-corrected chi connectivity index (χ3v) is 6.21. The Morgan fingerprint density at radius 2 is 1.93 bits per heavy atom. The first-order valence-corrected chi connectivity index (χ1v) is 10.3. The Kier molecular flexibility index (Phi) is 5.30. The number of carbonyl (C=O) groups is 2. The van der Waals surface area contributed by atoms with Gasteiger partial charge in [-0.25, -0.2) is 0 Å². The Balaban J connectivity index is 1.82. The number of piperidine rings is 1. The van der Waals surface area contributed by atoms with Crippen molar-refractivity contribution < 1.29 is 14.5 Å². The summed E-state index contributed by atoms with van der Waals surface area (Å²) in [5.41, 5.74) is 2.64. The minimum atomic E-state index is -0.587. The summed E-state index contributed by atoms with van der Waals surface area (Å²) in [6, 6.07) is 6.36. The number of ketones is 1. The summed E-state index contributed by atoms with van der Waals surface area (Å²) < 4.78 is 0. The number of aliphatic imine (C=N–C) groups is 1. The maximum atomic E-state index is 13.5. The molecule has 1 saturated heterocycles. The van der Waals surface area contributed by atoms with E-state index in [-0.39, 0.29) is 17.4 Å². The smallest absolute Gasteiger partial charge is 0.269 e. The lowest BCUT2D eigenvalue weighted by Gasteiger charge is -2.38. The number of amides is 1. The van der Waals surface area contributed by atoms with Gasteiger partial charge in [0.2, 0.25) is 5.91 Å². The van der Waals surface area contributed by atoms with Crippen LogP contribution in [-0.2, 0) is 9.59 Å². The molecule has 0 saturated carbocycles. The van der Waals surface area contributed by atoms with Gasteiger partial charge in [0.25, 0.3) is 5.69 Å². The second-order valence-corrected chi connectivity index (χ2v) is 8.08. The topological polar surface area (TPSA) is 92.9 Å². The van der Waals surface area contributed by atoms with Gasteiger partial charge in [0.1, 0.15) is 0 Å². The lowest BCUT2D eigenvalue weighted by Crippen LogP contribution is -2.46. The third-order valence-electron chi connectivity index (χ3n) is 6.21. The summed E-state index contributed by atoms with van der Waals surface area (Å²) >= 11 is 0. The number of nitro benzene ring substituents is 1. The predicted octanol–water partition coefficient (Wildman–Crippen LogP) is 3.79. The quantitative estimate of drug-likeness (QED) is 0.575. The van der Waals surface area contributed by atoms with E-state index < -0.39 is 16.8 Å². The first-order chi connectivity index (χ1) is 14.0. The number of nitrogens with zero attached hydrogens (tertiary/aromatic N) is 3. The zero-order valence-electron chi connectivity index (χ0n) is 16.6. The van der Waals surface area contributed by atoms with E-state index in [9.17, 15) is 19.7 Å². The molecule has 1 aromatic rings. The van der Waals surface area contributed by atoms with Crippen molar-refractivity contribution in [2.45, 2.75) is 51.4 Å². The first kappa shape index (κ1) is 19.5. The molecule has 7 heteroatoms. The van der Waals surface area contributed by atoms with E-state index in [1.165, 1.54) is 12.1 Å². The van der Waals surface area contributed by atoms with Crippen LogP contribution in [0.3, 0.4) is 0 Å². The summed E-state index contributed by atoms with van der Waals surface area (Å²) in [6.45, 7) is 3.27. The molecule has 2 aliphatic heterocycles. The molecule has 3 aliphatic rings. The molecule has 1 fully saturated rings. The van der Waals surface area contributed by atoms with E-state index >= 15 is 0 Å². The average molecular weight is 395 g/mol. The van der Waals surface area contributed by atoms with Crippen LogP contribution in [-0.4, -0.2) is 40.3 Å². The molecular weight excluding hydrogens is 370 g/mol. The second kappa shape index (κ2) is 7.89. The maximum Gasteiger partial charge on any atom is 0.269 e. The van der Waals surface area contributed by atoms with Gasteiger partial charge in [-0.15, -0.1) is 0 Å². The van der Waals surface area contributed by atoms with Crippen molar-refractivity contribution in [3.8, 4) is 0 Å². The fraction of sp³-hybridized carbons (Fsp3) is 0.500. The number of likely N-dealkylation sites (tertiary alicyclic amines) is 1. The van der Waals surface area contributed by atoms with Gasteiger partial charge < -0.3 is 4.90 Å². The van der Waals surface area contributed by atoms with Crippen LogP contribution >= 0.6 is 0 Å². The van der Waals surface area contributed by atoms with Crippen LogP contribution in [0, 0.1) is 16.0 Å². The van der Waals surface area contributed by atoms with Crippen molar-refractivity contribution in [1.29, 1.82) is 0 Å². The molecule has 7 nitrogen and oxygen atoms in total. The van der Waals surface area contributed by atoms with Crippen LogP contribution in [0.25, 0.3) is 0 Å². The van der Waals surface area contributed by atoms with Crippen LogP contribution in [0.2, 0.25) is 0 Å². The van der Waals surface area contributed by atoms with Crippen LogP contribution < -0.4 is 0 Å². The summed E-state index contributed by atoms with van der Waals surface area (Å²) in [5.74, 6) is -1.11. The van der Waals surface area contributed by atoms with Crippen LogP contribution in [0.5, 0.6) is 0 Å². The summed E-state index contributed by atoms with van der Waals surface area (Å²) in [6.07, 6.45) is 4.95. The molecule has 0 N–H and O–H groups in total. The third kappa shape index (κ3) is 3.61. The highest BCUT2D eigenvalue weighted by atomic mass is 16.6. The number of allylic oxidation sites excluding steroid dienone is 2. The molecule has 2 heterocycles. The van der Waals surface area contributed by atoms with E-state index in [1.807, 2.05) is 11.8 Å². The van der Waals surface area contributed by atoms with Gasteiger partial charge in [0.05, 0.1) is 10.8 Å². The predicted molar refractivity (Wildman–Crippen MR) is 109 cm³/mol. The highest BCUT2D eigenvalue weighted by molar-refractivity contribution is 6.10. The number of nitro groups is 1. The average Bonchev–Trinajstić information content (AvgIpc) is 2.73. The minimum Gasteiger partial charge on any atom is -0.342 e. The number of benzene rings is 1. The zero-order chi connectivity index (χ0) is 20.5. The van der Waals surface area contributed by atoms with Gasteiger partial charge in [-0.2, -0.15) is 0 Å². The van der Waals surface area contributed by atoms with E-state index in [0.29, 0.717) is 42.8 Å². The van der Waals surface area contributed by atoms with Crippen LogP contribution in [0.4, 0.5) is 5.69 Å². The summed E-state index contributed by atoms with van der Waals surface area (Å²) in [5, 5.41) is 11.3. The Bertz CT molecular complexity index is 928. The number of non-ortho nitro benzene ring substituents is 1. The molecule has 1 unspecified atom stereocenters. The number of carbonyl (C=O) groups excluding carboxylic acids is 2. The van der Waals surface area contributed by atoms with E-state index in [4.69, 9.17) is 0 Å². The Morgan fingerprint density at radius 3 is 2.66 bits per heavy atom. The summed E-state index contributed by atoms with van der Waals surface area (Å²) in [7, 11) is 0. The molecule has 4 rings (SSSR count). The number of hydrogen-bond donors (Lipinski definition) is 0. The normalized spacial score (nSPS) is 24.8. The van der Waals surface area contributed by atoms with Crippen molar-refractivity contribution >= 4 is 23.1 Å². The molecule has 0 radical (unpaired) electrons. The van der Waals surface area contributed by atoms with Crippen molar-refractivity contribution in [3.63, 3.8) is 0 Å². The minimum absolute atomic E-state index is 0.00968. The zero-order valence-corrected chi connectivity index (χ0v) is 16.6. The van der Waals surface area contributed by atoms with Gasteiger partial charge >= 0.3 is 0 Å². The fourth-order valence-corrected chi connectivity index (χ4v) is 4.83. The number of hydrogen-bond acceptors (Lipinski definition) is 5. The van der Waals surface area contributed by atoms with Gasteiger partial charge in [0.15, 0.2) is 5.78 Å². The summed E-state index contributed by atoms with van der Waals surface area (Å²) in [4.78, 5) is 43.9. The van der Waals surface area contributed by atoms with Crippen LogP contribution in [0.1, 0.15) is 56.9 Å². The van der Waals surface area contributed by atoms with Crippen molar-refractivity contribution in [3.05, 3.63) is 51.2 Å². The molecule has 1 aliphatic carbocycles. The number of rotatable bonds is 3. The second-order valence-electron chi connectivity index (χ2n) is 8.08. The molecule has 1 aromatic carbocycles. The highest BCUT2D eigenvalue weighted by Gasteiger charge is 2.44. The highest BCUT2D eigenvalue weighted by Crippen LogP contribution is 2.44. The molecule has 0 spiro atoms. The van der Waals surface area contributed by atoms with Gasteiger partial charge in [0, 0.05) is 54.5 Å². The van der Waals surface area contributed by atoms with Crippen molar-refractivity contribution in [2.75, 3.05) is 13.1 Å². The van der Waals surface area contributed by atoms with Gasteiger partial charge in [-0.05, 0) is 44.6 Å². The van der Waals surface area contributed by atoms with Gasteiger partial charge in [-0.1, -0.05) is 12.1 Å². The van der Waals surface area contributed by atoms with Gasteiger partial charge in [-0.3, -0.25) is 24.7 Å². The standard InChI is InChI=1S/C22H25N3O4/c1-14-19(22(27)24-11-3-2-4-12-24)20(15-7-5-8-16(13-15)25(28)29)21-17(23-14)9-6-10-18(21)26/h5,7-8,13,19-20H,2-4,6,9-12H2,1H3/t19?,20-/m1/s1. The maximum absolute atomic E-state index is 13.5. The Hall–Kier alpha value is -2.83.